The van der Waals surface area contributed by atoms with Crippen LogP contribution < -0.4 is 15.4 Å². The van der Waals surface area contributed by atoms with Gasteiger partial charge in [-0.3, -0.25) is 9.59 Å². The predicted molar refractivity (Wildman–Crippen MR) is 92.9 cm³/mol. The van der Waals surface area contributed by atoms with Crippen LogP contribution >= 0.6 is 0 Å². The minimum Gasteiger partial charge on any atom is -0.496 e. The molecule has 0 fully saturated rings. The van der Waals surface area contributed by atoms with Crippen LogP contribution in [0.15, 0.2) is 54.6 Å². The molecule has 24 heavy (non-hydrogen) atoms. The van der Waals surface area contributed by atoms with Crippen LogP contribution in [0, 0.1) is 0 Å². The minimum atomic E-state index is -0.253. The Hall–Kier alpha value is -2.82. The van der Waals surface area contributed by atoms with Crippen molar-refractivity contribution in [3.05, 3.63) is 65.7 Å². The molecule has 2 aromatic rings. The smallest absolute Gasteiger partial charge is 0.255 e. The lowest BCUT2D eigenvalue weighted by atomic mass is 10.1. The van der Waals surface area contributed by atoms with E-state index in [0.717, 1.165) is 5.56 Å². The van der Waals surface area contributed by atoms with Gasteiger partial charge in [-0.1, -0.05) is 42.5 Å². The average Bonchev–Trinajstić information content (AvgIpc) is 2.62. The number of hydrogen-bond donors (Lipinski definition) is 2. The van der Waals surface area contributed by atoms with E-state index in [9.17, 15) is 9.59 Å². The maximum atomic E-state index is 12.1. The number of carbonyl (C=O) groups excluding carboxylic acids is 2. The molecule has 0 radical (unpaired) electrons. The summed E-state index contributed by atoms with van der Waals surface area (Å²) in [5.74, 6) is 0.153. The van der Waals surface area contributed by atoms with Gasteiger partial charge in [0.25, 0.3) is 5.91 Å². The van der Waals surface area contributed by atoms with Crippen molar-refractivity contribution in [2.24, 2.45) is 0 Å². The van der Waals surface area contributed by atoms with Crippen LogP contribution in [0.2, 0.25) is 0 Å². The van der Waals surface area contributed by atoms with E-state index >= 15 is 0 Å². The van der Waals surface area contributed by atoms with Crippen LogP contribution in [0.3, 0.4) is 0 Å². The molecule has 2 amide bonds. The van der Waals surface area contributed by atoms with Crippen molar-refractivity contribution in [3.8, 4) is 5.75 Å². The summed E-state index contributed by atoms with van der Waals surface area (Å²) >= 11 is 0. The second-order valence-corrected chi connectivity index (χ2v) is 5.41. The van der Waals surface area contributed by atoms with Crippen LogP contribution in [-0.2, 0) is 4.79 Å². The normalized spacial score (nSPS) is 11.4. The molecule has 5 nitrogen and oxygen atoms in total. The van der Waals surface area contributed by atoms with Gasteiger partial charge < -0.3 is 15.4 Å². The quantitative estimate of drug-likeness (QED) is 0.822. The summed E-state index contributed by atoms with van der Waals surface area (Å²) in [6.07, 6.45) is 0.220. The Balaban J connectivity index is 1.79. The first kappa shape index (κ1) is 17.5. The number of nitrogens with one attached hydrogen (secondary N) is 2. The molecule has 126 valence electrons. The van der Waals surface area contributed by atoms with Gasteiger partial charge in [0.1, 0.15) is 5.75 Å². The standard InChI is InChI=1S/C19H22N2O3/c1-14(15-8-4-3-5-9-15)21-18(22)12-13-20-19(23)16-10-6-7-11-17(16)24-2/h3-11,14H,12-13H2,1-2H3,(H,20,23)(H,21,22). The summed E-state index contributed by atoms with van der Waals surface area (Å²) in [4.78, 5) is 24.1. The highest BCUT2D eigenvalue weighted by molar-refractivity contribution is 5.97. The third-order valence-corrected chi connectivity index (χ3v) is 3.67. The molecule has 1 unspecified atom stereocenters. The minimum absolute atomic E-state index is 0.0661. The van der Waals surface area contributed by atoms with Gasteiger partial charge in [-0.15, -0.1) is 0 Å². The second kappa shape index (κ2) is 8.72. The molecule has 0 aromatic heterocycles. The fourth-order valence-electron chi connectivity index (χ4n) is 2.36. The van der Waals surface area contributed by atoms with Crippen molar-refractivity contribution in [2.45, 2.75) is 19.4 Å². The molecule has 1 atom stereocenters. The molecular formula is C19H22N2O3. The van der Waals surface area contributed by atoms with Gasteiger partial charge >= 0.3 is 0 Å². The molecule has 0 spiro atoms. The van der Waals surface area contributed by atoms with Crippen molar-refractivity contribution >= 4 is 11.8 Å². The first-order chi connectivity index (χ1) is 11.6. The highest BCUT2D eigenvalue weighted by Crippen LogP contribution is 2.16. The monoisotopic (exact) mass is 326 g/mol. The fourth-order valence-corrected chi connectivity index (χ4v) is 2.36. The number of ether oxygens (including phenoxy) is 1. The molecular weight excluding hydrogens is 304 g/mol. The van der Waals surface area contributed by atoms with Gasteiger partial charge in [-0.25, -0.2) is 0 Å². The van der Waals surface area contributed by atoms with E-state index in [1.54, 1.807) is 24.3 Å². The summed E-state index contributed by atoms with van der Waals surface area (Å²) < 4.78 is 5.16. The van der Waals surface area contributed by atoms with E-state index in [1.165, 1.54) is 7.11 Å². The topological polar surface area (TPSA) is 67.4 Å². The molecule has 0 bridgehead atoms. The van der Waals surface area contributed by atoms with Gasteiger partial charge in [-0.2, -0.15) is 0 Å². The van der Waals surface area contributed by atoms with E-state index in [4.69, 9.17) is 4.74 Å². The van der Waals surface area contributed by atoms with Crippen LogP contribution in [0.1, 0.15) is 35.3 Å². The maximum Gasteiger partial charge on any atom is 0.255 e. The SMILES string of the molecule is COc1ccccc1C(=O)NCCC(=O)NC(C)c1ccccc1. The van der Waals surface area contributed by atoms with Gasteiger partial charge in [0, 0.05) is 13.0 Å². The molecule has 0 aliphatic heterocycles. The van der Waals surface area contributed by atoms with Crippen molar-refractivity contribution in [1.82, 2.24) is 10.6 Å². The Morgan fingerprint density at radius 3 is 2.42 bits per heavy atom. The zero-order chi connectivity index (χ0) is 17.4. The molecule has 0 saturated heterocycles. The molecule has 2 aromatic carbocycles. The Kier molecular flexibility index (Phi) is 6.37. The number of methoxy groups -OCH3 is 1. The van der Waals surface area contributed by atoms with Crippen molar-refractivity contribution < 1.29 is 14.3 Å². The molecule has 0 aliphatic rings. The van der Waals surface area contributed by atoms with Crippen molar-refractivity contribution in [1.29, 1.82) is 0 Å². The highest BCUT2D eigenvalue weighted by atomic mass is 16.5. The molecule has 0 aliphatic carbocycles. The Labute approximate surface area is 142 Å². The number of hydrogen-bond acceptors (Lipinski definition) is 3. The number of rotatable bonds is 7. The number of carbonyl (C=O) groups is 2. The molecule has 2 rings (SSSR count). The lowest BCUT2D eigenvalue weighted by Gasteiger charge is -2.14. The van der Waals surface area contributed by atoms with E-state index in [-0.39, 0.29) is 30.8 Å². The summed E-state index contributed by atoms with van der Waals surface area (Å²) in [6, 6.07) is 16.7. The van der Waals surface area contributed by atoms with Crippen LogP contribution in [-0.4, -0.2) is 25.5 Å². The third-order valence-electron chi connectivity index (χ3n) is 3.67. The Morgan fingerprint density at radius 1 is 1.04 bits per heavy atom. The van der Waals surface area contributed by atoms with Crippen LogP contribution in [0.25, 0.3) is 0 Å². The van der Waals surface area contributed by atoms with Gasteiger partial charge in [-0.05, 0) is 24.6 Å². The number of benzene rings is 2. The number of para-hydroxylation sites is 1. The molecule has 0 heterocycles. The van der Waals surface area contributed by atoms with Crippen molar-refractivity contribution in [2.75, 3.05) is 13.7 Å². The van der Waals surface area contributed by atoms with Gasteiger partial charge in [0.05, 0.1) is 18.7 Å². The predicted octanol–water partition coefficient (Wildman–Crippen LogP) is 2.69. The fraction of sp³-hybridized carbons (Fsp3) is 0.263. The second-order valence-electron chi connectivity index (χ2n) is 5.41. The van der Waals surface area contributed by atoms with E-state index in [2.05, 4.69) is 10.6 Å². The molecule has 0 saturated carbocycles. The maximum absolute atomic E-state index is 12.1. The third kappa shape index (κ3) is 4.84. The molecule has 2 N–H and O–H groups in total. The largest absolute Gasteiger partial charge is 0.496 e. The lowest BCUT2D eigenvalue weighted by molar-refractivity contribution is -0.121. The summed E-state index contributed by atoms with van der Waals surface area (Å²) in [6.45, 7) is 2.20. The zero-order valence-electron chi connectivity index (χ0n) is 13.9. The zero-order valence-corrected chi connectivity index (χ0v) is 13.9. The van der Waals surface area contributed by atoms with Crippen LogP contribution in [0.5, 0.6) is 5.75 Å². The highest BCUT2D eigenvalue weighted by Gasteiger charge is 2.12. The summed E-state index contributed by atoms with van der Waals surface area (Å²) in [7, 11) is 1.52. The van der Waals surface area contributed by atoms with Gasteiger partial charge in [0.2, 0.25) is 5.91 Å². The average molecular weight is 326 g/mol. The Bertz CT molecular complexity index is 686. The first-order valence-corrected chi connectivity index (χ1v) is 7.87. The van der Waals surface area contributed by atoms with E-state index in [1.807, 2.05) is 37.3 Å². The van der Waals surface area contributed by atoms with E-state index in [0.29, 0.717) is 11.3 Å². The first-order valence-electron chi connectivity index (χ1n) is 7.87. The molecule has 5 heteroatoms. The number of amides is 2. The van der Waals surface area contributed by atoms with Gasteiger partial charge in [0.15, 0.2) is 0 Å². The summed E-state index contributed by atoms with van der Waals surface area (Å²) in [5.41, 5.74) is 1.50. The van der Waals surface area contributed by atoms with Crippen molar-refractivity contribution in [3.63, 3.8) is 0 Å². The Morgan fingerprint density at radius 2 is 1.71 bits per heavy atom. The summed E-state index contributed by atoms with van der Waals surface area (Å²) in [5, 5.41) is 5.66. The van der Waals surface area contributed by atoms with Crippen LogP contribution in [0.4, 0.5) is 0 Å². The van der Waals surface area contributed by atoms with E-state index < -0.39 is 0 Å². The lowest BCUT2D eigenvalue weighted by Crippen LogP contribution is -2.32.